The summed E-state index contributed by atoms with van der Waals surface area (Å²) in [7, 11) is 3.33. The van der Waals surface area contributed by atoms with Crippen molar-refractivity contribution < 1.29 is 19.0 Å². The molecule has 1 heterocycles. The van der Waals surface area contributed by atoms with Crippen molar-refractivity contribution >= 4 is 5.91 Å². The normalized spacial score (nSPS) is 17.0. The third kappa shape index (κ3) is 6.29. The summed E-state index contributed by atoms with van der Waals surface area (Å²) in [6, 6.07) is 15.9. The first-order valence-electron chi connectivity index (χ1n) is 10.4. The zero-order valence-corrected chi connectivity index (χ0v) is 18.2. The minimum atomic E-state index is -0.0248. The molecule has 0 aliphatic carbocycles. The highest BCUT2D eigenvalue weighted by Crippen LogP contribution is 2.16. The number of hydrogen-bond donors (Lipinski definition) is 0. The van der Waals surface area contributed by atoms with Crippen LogP contribution in [-0.2, 0) is 16.0 Å². The molecule has 0 N–H and O–H groups in total. The monoisotopic (exact) mass is 412 g/mol. The Morgan fingerprint density at radius 2 is 1.87 bits per heavy atom. The molecular weight excluding hydrogens is 380 g/mol. The first-order chi connectivity index (χ1) is 14.6. The van der Waals surface area contributed by atoms with E-state index in [0.717, 1.165) is 30.9 Å². The van der Waals surface area contributed by atoms with E-state index in [1.807, 2.05) is 48.2 Å². The summed E-state index contributed by atoms with van der Waals surface area (Å²) in [5.41, 5.74) is 3.07. The summed E-state index contributed by atoms with van der Waals surface area (Å²) in [6.07, 6.45) is -0.0248. The average Bonchev–Trinajstić information content (AvgIpc) is 2.77. The third-order valence-electron chi connectivity index (χ3n) is 5.36. The topological polar surface area (TPSA) is 51.2 Å². The Hall–Kier alpha value is -2.41. The zero-order chi connectivity index (χ0) is 21.3. The average molecular weight is 413 g/mol. The van der Waals surface area contributed by atoms with E-state index < -0.39 is 0 Å². The molecule has 30 heavy (non-hydrogen) atoms. The van der Waals surface area contributed by atoms with E-state index >= 15 is 0 Å². The Labute approximate surface area is 179 Å². The second-order valence-electron chi connectivity index (χ2n) is 7.69. The molecule has 1 aliphatic rings. The molecular formula is C24H32N2O4. The lowest BCUT2D eigenvalue weighted by Crippen LogP contribution is -2.49. The van der Waals surface area contributed by atoms with Gasteiger partial charge in [-0.2, -0.15) is 0 Å². The molecule has 1 unspecified atom stereocenters. The van der Waals surface area contributed by atoms with Crippen molar-refractivity contribution in [1.82, 2.24) is 9.80 Å². The van der Waals surface area contributed by atoms with Crippen molar-refractivity contribution in [3.63, 3.8) is 0 Å². The summed E-state index contributed by atoms with van der Waals surface area (Å²) < 4.78 is 16.5. The minimum absolute atomic E-state index is 0.0166. The van der Waals surface area contributed by atoms with Crippen LogP contribution in [0.5, 0.6) is 5.75 Å². The van der Waals surface area contributed by atoms with Crippen LogP contribution in [0.4, 0.5) is 0 Å². The highest BCUT2D eigenvalue weighted by Gasteiger charge is 2.25. The molecule has 6 nitrogen and oxygen atoms in total. The second kappa shape index (κ2) is 11.1. The third-order valence-corrected chi connectivity index (χ3v) is 5.36. The second-order valence-corrected chi connectivity index (χ2v) is 7.69. The number of morpholine rings is 1. The Morgan fingerprint density at radius 3 is 2.53 bits per heavy atom. The maximum absolute atomic E-state index is 13.1. The van der Waals surface area contributed by atoms with E-state index in [1.165, 1.54) is 5.56 Å². The molecule has 1 aliphatic heterocycles. The summed E-state index contributed by atoms with van der Waals surface area (Å²) in [5, 5.41) is 0. The van der Waals surface area contributed by atoms with E-state index in [-0.39, 0.29) is 12.0 Å². The molecule has 1 atom stereocenters. The van der Waals surface area contributed by atoms with Gasteiger partial charge >= 0.3 is 0 Å². The smallest absolute Gasteiger partial charge is 0.254 e. The highest BCUT2D eigenvalue weighted by molar-refractivity contribution is 5.94. The fourth-order valence-corrected chi connectivity index (χ4v) is 3.63. The molecule has 2 aromatic rings. The summed E-state index contributed by atoms with van der Waals surface area (Å²) in [4.78, 5) is 17.3. The lowest BCUT2D eigenvalue weighted by Gasteiger charge is -2.36. The first-order valence-corrected chi connectivity index (χ1v) is 10.4. The summed E-state index contributed by atoms with van der Waals surface area (Å²) in [5.74, 6) is 0.880. The predicted octanol–water partition coefficient (Wildman–Crippen LogP) is 2.99. The van der Waals surface area contributed by atoms with Crippen molar-refractivity contribution in [3.05, 3.63) is 65.2 Å². The van der Waals surface area contributed by atoms with E-state index in [1.54, 1.807) is 14.2 Å². The fraction of sp³-hybridized carbons (Fsp3) is 0.458. The van der Waals surface area contributed by atoms with Crippen LogP contribution < -0.4 is 4.74 Å². The molecule has 3 rings (SSSR count). The SMILES string of the molecule is COCCN(CC1CN(Cc2ccc(OC)cc2)CCO1)C(=O)c1ccc(C)cc1. The standard InChI is InChI=1S/C24H32N2O4/c1-19-4-8-21(9-5-19)24(27)26(13-14-28-2)18-23-17-25(12-15-30-23)16-20-6-10-22(29-3)11-7-20/h4-11,23H,12-18H2,1-3H3. The molecule has 1 amide bonds. The van der Waals surface area contributed by atoms with Gasteiger partial charge in [0, 0.05) is 45.4 Å². The number of carbonyl (C=O) groups is 1. The predicted molar refractivity (Wildman–Crippen MR) is 117 cm³/mol. The summed E-state index contributed by atoms with van der Waals surface area (Å²) in [6.45, 7) is 6.80. The maximum atomic E-state index is 13.1. The van der Waals surface area contributed by atoms with Gasteiger partial charge < -0.3 is 19.1 Å². The van der Waals surface area contributed by atoms with Gasteiger partial charge in [-0.1, -0.05) is 29.8 Å². The number of hydrogen-bond acceptors (Lipinski definition) is 5. The zero-order valence-electron chi connectivity index (χ0n) is 18.2. The molecule has 6 heteroatoms. The number of aryl methyl sites for hydroxylation is 1. The Balaban J connectivity index is 1.61. The lowest BCUT2D eigenvalue weighted by atomic mass is 10.1. The van der Waals surface area contributed by atoms with E-state index in [9.17, 15) is 4.79 Å². The number of carbonyl (C=O) groups excluding carboxylic acids is 1. The lowest BCUT2D eigenvalue weighted by molar-refractivity contribution is -0.0444. The molecule has 0 aromatic heterocycles. The fourth-order valence-electron chi connectivity index (χ4n) is 3.63. The molecule has 1 fully saturated rings. The van der Waals surface area contributed by atoms with Crippen molar-refractivity contribution in [3.8, 4) is 5.75 Å². The van der Waals surface area contributed by atoms with Crippen LogP contribution in [0.25, 0.3) is 0 Å². The van der Waals surface area contributed by atoms with Crippen molar-refractivity contribution in [2.75, 3.05) is 53.6 Å². The molecule has 0 spiro atoms. The number of amides is 1. The quantitative estimate of drug-likeness (QED) is 0.634. The Bertz CT molecular complexity index is 792. The molecule has 1 saturated heterocycles. The molecule has 0 radical (unpaired) electrons. The Kier molecular flexibility index (Phi) is 8.25. The van der Waals surface area contributed by atoms with Gasteiger partial charge in [-0.25, -0.2) is 0 Å². The Morgan fingerprint density at radius 1 is 1.13 bits per heavy atom. The van der Waals surface area contributed by atoms with Crippen LogP contribution in [0.15, 0.2) is 48.5 Å². The molecule has 162 valence electrons. The number of benzene rings is 2. The first kappa shape index (κ1) is 22.3. The molecule has 0 bridgehead atoms. The van der Waals surface area contributed by atoms with Gasteiger partial charge in [0.25, 0.3) is 5.91 Å². The molecule has 0 saturated carbocycles. The van der Waals surface area contributed by atoms with Gasteiger partial charge in [0.15, 0.2) is 0 Å². The van der Waals surface area contributed by atoms with Gasteiger partial charge in [0.05, 0.1) is 26.4 Å². The van der Waals surface area contributed by atoms with Gasteiger partial charge in [-0.05, 0) is 36.8 Å². The van der Waals surface area contributed by atoms with E-state index in [0.29, 0.717) is 31.9 Å². The van der Waals surface area contributed by atoms with Gasteiger partial charge in [-0.3, -0.25) is 9.69 Å². The number of methoxy groups -OCH3 is 2. The largest absolute Gasteiger partial charge is 0.497 e. The van der Waals surface area contributed by atoms with Crippen LogP contribution in [0.1, 0.15) is 21.5 Å². The summed E-state index contributed by atoms with van der Waals surface area (Å²) >= 11 is 0. The van der Waals surface area contributed by atoms with Gasteiger partial charge in [0.1, 0.15) is 5.75 Å². The van der Waals surface area contributed by atoms with Crippen LogP contribution in [-0.4, -0.2) is 75.4 Å². The van der Waals surface area contributed by atoms with E-state index in [4.69, 9.17) is 14.2 Å². The van der Waals surface area contributed by atoms with Crippen molar-refractivity contribution in [2.45, 2.75) is 19.6 Å². The van der Waals surface area contributed by atoms with Gasteiger partial charge in [-0.15, -0.1) is 0 Å². The van der Waals surface area contributed by atoms with Crippen LogP contribution in [0.3, 0.4) is 0 Å². The number of rotatable bonds is 9. The van der Waals surface area contributed by atoms with Gasteiger partial charge in [0.2, 0.25) is 0 Å². The molecule has 2 aromatic carbocycles. The maximum Gasteiger partial charge on any atom is 0.254 e. The van der Waals surface area contributed by atoms with Crippen LogP contribution in [0, 0.1) is 6.92 Å². The van der Waals surface area contributed by atoms with Crippen LogP contribution in [0.2, 0.25) is 0 Å². The number of ether oxygens (including phenoxy) is 3. The van der Waals surface area contributed by atoms with Crippen LogP contribution >= 0.6 is 0 Å². The highest BCUT2D eigenvalue weighted by atomic mass is 16.5. The van der Waals surface area contributed by atoms with Crippen molar-refractivity contribution in [2.24, 2.45) is 0 Å². The number of nitrogens with zero attached hydrogens (tertiary/aromatic N) is 2. The van der Waals surface area contributed by atoms with Crippen molar-refractivity contribution in [1.29, 1.82) is 0 Å². The minimum Gasteiger partial charge on any atom is -0.497 e. The van der Waals surface area contributed by atoms with E-state index in [2.05, 4.69) is 17.0 Å².